The van der Waals surface area contributed by atoms with Crippen LogP contribution in [0.4, 0.5) is 13.2 Å². The molecule has 2 aromatic carbocycles. The summed E-state index contributed by atoms with van der Waals surface area (Å²) in [5.74, 6) is -0.581. The molecule has 4 rings (SSSR count). The monoisotopic (exact) mass is 506 g/mol. The van der Waals surface area contributed by atoms with Crippen molar-refractivity contribution in [1.29, 1.82) is 0 Å². The molecule has 2 aromatic heterocycles. The minimum absolute atomic E-state index is 0.467. The van der Waals surface area contributed by atoms with Crippen LogP contribution in [0.3, 0.4) is 0 Å². The number of carbonyl (C=O) groups is 1. The van der Waals surface area contributed by atoms with Gasteiger partial charge >= 0.3 is 12.1 Å². The third kappa shape index (κ3) is 5.23. The summed E-state index contributed by atoms with van der Waals surface area (Å²) in [6, 6.07) is 10.4. The van der Waals surface area contributed by atoms with E-state index in [-0.39, 0.29) is 0 Å². The molecular weight excluding hydrogens is 485 g/mol. The van der Waals surface area contributed by atoms with Crippen LogP contribution in [0.5, 0.6) is 5.75 Å². The van der Waals surface area contributed by atoms with E-state index in [0.29, 0.717) is 29.2 Å². The molecule has 0 aliphatic heterocycles. The number of benzene rings is 2. The Morgan fingerprint density at radius 2 is 1.74 bits per heavy atom. The molecule has 10 heteroatoms. The van der Waals surface area contributed by atoms with Crippen LogP contribution < -0.4 is 4.74 Å². The lowest BCUT2D eigenvalue weighted by Gasteiger charge is -2.21. The summed E-state index contributed by atoms with van der Waals surface area (Å²) >= 11 is 2.99. The van der Waals surface area contributed by atoms with Gasteiger partial charge in [0.15, 0.2) is 5.60 Å². The molecule has 5 nitrogen and oxygen atoms in total. The van der Waals surface area contributed by atoms with Gasteiger partial charge in [0.2, 0.25) is 0 Å². The maximum atomic E-state index is 12.8. The highest BCUT2D eigenvalue weighted by Crippen LogP contribution is 2.34. The molecule has 0 saturated carbocycles. The first kappa shape index (κ1) is 24.2. The van der Waals surface area contributed by atoms with Crippen LogP contribution >= 0.6 is 22.7 Å². The number of nitrogens with zero attached hydrogens (tertiary/aromatic N) is 2. The lowest BCUT2D eigenvalue weighted by Crippen LogP contribution is -2.37. The molecule has 0 atom stereocenters. The fourth-order valence-electron chi connectivity index (χ4n) is 3.27. The predicted octanol–water partition coefficient (Wildman–Crippen LogP) is 6.77. The number of fused-ring (bicyclic) bond motifs is 1. The molecule has 0 amide bonds. The van der Waals surface area contributed by atoms with Gasteiger partial charge in [-0.25, -0.2) is 14.8 Å². The lowest BCUT2D eigenvalue weighted by atomic mass is 10.1. The first-order chi connectivity index (χ1) is 15.9. The summed E-state index contributed by atoms with van der Waals surface area (Å²) in [6.07, 6.45) is -2.97. The van der Waals surface area contributed by atoms with E-state index in [9.17, 15) is 23.1 Å². The quantitative estimate of drug-likeness (QED) is 0.299. The number of carboxylic acids is 1. The molecular formula is C24H21F3N2O3S2. The lowest BCUT2D eigenvalue weighted by molar-refractivity contribution is -0.152. The molecule has 2 heterocycles. The first-order valence-corrected chi connectivity index (χ1v) is 12.0. The largest absolute Gasteiger partial charge is 0.478 e. The number of carboxylic acid groups (broad SMARTS) is 1. The van der Waals surface area contributed by atoms with E-state index in [0.717, 1.165) is 37.9 Å². The zero-order chi connectivity index (χ0) is 24.7. The topological polar surface area (TPSA) is 72.3 Å². The van der Waals surface area contributed by atoms with Gasteiger partial charge in [-0.3, -0.25) is 0 Å². The van der Waals surface area contributed by atoms with E-state index in [4.69, 9.17) is 4.74 Å². The van der Waals surface area contributed by atoms with E-state index in [1.165, 1.54) is 48.7 Å². The van der Waals surface area contributed by atoms with Crippen molar-refractivity contribution < 1.29 is 27.8 Å². The van der Waals surface area contributed by atoms with Gasteiger partial charge in [0.25, 0.3) is 0 Å². The summed E-state index contributed by atoms with van der Waals surface area (Å²) in [5.41, 5.74) is 0.305. The molecule has 0 spiro atoms. The van der Waals surface area contributed by atoms with E-state index in [2.05, 4.69) is 9.97 Å². The average Bonchev–Trinajstić information content (AvgIpc) is 3.33. The molecule has 0 radical (unpaired) electrons. The summed E-state index contributed by atoms with van der Waals surface area (Å²) < 4.78 is 44.9. The Labute approximate surface area is 201 Å². The van der Waals surface area contributed by atoms with Gasteiger partial charge < -0.3 is 9.84 Å². The van der Waals surface area contributed by atoms with Crippen LogP contribution in [0.2, 0.25) is 0 Å². The molecule has 0 fully saturated rings. The van der Waals surface area contributed by atoms with Crippen molar-refractivity contribution in [1.82, 2.24) is 9.97 Å². The van der Waals surface area contributed by atoms with Crippen molar-refractivity contribution in [3.05, 3.63) is 63.6 Å². The van der Waals surface area contributed by atoms with Crippen LogP contribution in [0.25, 0.3) is 20.8 Å². The molecule has 0 unspecified atom stereocenters. The van der Waals surface area contributed by atoms with E-state index in [1.54, 1.807) is 12.1 Å². The molecule has 4 aromatic rings. The predicted molar refractivity (Wildman–Crippen MR) is 127 cm³/mol. The normalized spacial score (nSPS) is 12.3. The summed E-state index contributed by atoms with van der Waals surface area (Å²) in [5, 5.41) is 10.9. The number of rotatable bonds is 7. The van der Waals surface area contributed by atoms with Gasteiger partial charge in [0.1, 0.15) is 10.8 Å². The summed E-state index contributed by atoms with van der Waals surface area (Å²) in [4.78, 5) is 21.6. The molecule has 178 valence electrons. The molecule has 0 saturated heterocycles. The van der Waals surface area contributed by atoms with Crippen molar-refractivity contribution in [2.75, 3.05) is 0 Å². The fraction of sp³-hybridized carbons (Fsp3) is 0.292. The molecule has 0 bridgehead atoms. The number of hydrogen-bond acceptors (Lipinski definition) is 6. The maximum absolute atomic E-state index is 12.8. The smallest absolute Gasteiger partial charge is 0.416 e. The Morgan fingerprint density at radius 1 is 1.03 bits per heavy atom. The molecule has 0 aliphatic carbocycles. The van der Waals surface area contributed by atoms with Gasteiger partial charge in [0, 0.05) is 16.9 Å². The number of ether oxygens (including phenoxy) is 1. The Morgan fingerprint density at radius 3 is 2.38 bits per heavy atom. The van der Waals surface area contributed by atoms with Crippen LogP contribution in [-0.2, 0) is 23.8 Å². The molecule has 34 heavy (non-hydrogen) atoms. The Kier molecular flexibility index (Phi) is 6.39. The summed E-state index contributed by atoms with van der Waals surface area (Å²) in [6.45, 7) is 4.88. The number of aromatic nitrogens is 2. The van der Waals surface area contributed by atoms with E-state index in [1.807, 2.05) is 13.0 Å². The first-order valence-electron chi connectivity index (χ1n) is 10.4. The number of aliphatic carboxylic acids is 1. The van der Waals surface area contributed by atoms with Gasteiger partial charge in [-0.1, -0.05) is 12.1 Å². The minimum atomic E-state index is -4.36. The van der Waals surface area contributed by atoms with Gasteiger partial charge in [-0.2, -0.15) is 13.2 Å². The van der Waals surface area contributed by atoms with E-state index >= 15 is 0 Å². The summed E-state index contributed by atoms with van der Waals surface area (Å²) in [7, 11) is 0. The highest BCUT2D eigenvalue weighted by Gasteiger charge is 2.30. The zero-order valence-electron chi connectivity index (χ0n) is 18.6. The van der Waals surface area contributed by atoms with Crippen molar-refractivity contribution in [3.63, 3.8) is 0 Å². The fourth-order valence-corrected chi connectivity index (χ4v) is 5.33. The SMILES string of the molecule is Cc1nc(-c2ccc(C(F)(F)F)cc2)sc1CCc1nc2ccc(OC(C)(C)C(=O)O)cc2s1. The highest BCUT2D eigenvalue weighted by molar-refractivity contribution is 7.18. The van der Waals surface area contributed by atoms with Crippen molar-refractivity contribution in [2.24, 2.45) is 0 Å². The average molecular weight is 507 g/mol. The van der Waals surface area contributed by atoms with Gasteiger partial charge in [-0.15, -0.1) is 22.7 Å². The van der Waals surface area contributed by atoms with E-state index < -0.39 is 23.3 Å². The van der Waals surface area contributed by atoms with Crippen molar-refractivity contribution in [3.8, 4) is 16.3 Å². The third-order valence-electron chi connectivity index (χ3n) is 5.21. The van der Waals surface area contributed by atoms with Crippen LogP contribution in [0, 0.1) is 6.92 Å². The number of alkyl halides is 3. The Bertz CT molecular complexity index is 1340. The Hall–Kier alpha value is -2.98. The van der Waals surface area contributed by atoms with Crippen LogP contribution in [0.15, 0.2) is 42.5 Å². The third-order valence-corrected chi connectivity index (χ3v) is 7.55. The van der Waals surface area contributed by atoms with Crippen LogP contribution in [-0.4, -0.2) is 26.6 Å². The highest BCUT2D eigenvalue weighted by atomic mass is 32.1. The molecule has 0 aliphatic rings. The zero-order valence-corrected chi connectivity index (χ0v) is 20.2. The van der Waals surface area contributed by atoms with Crippen LogP contribution in [0.1, 0.15) is 35.0 Å². The molecule has 1 N–H and O–H groups in total. The second-order valence-corrected chi connectivity index (χ2v) is 10.5. The van der Waals surface area contributed by atoms with Gasteiger partial charge in [-0.05, 0) is 57.5 Å². The van der Waals surface area contributed by atoms with Gasteiger partial charge in [0.05, 0.1) is 26.5 Å². The number of thiazole rings is 2. The second-order valence-electron chi connectivity index (χ2n) is 8.26. The van der Waals surface area contributed by atoms with Crippen molar-refractivity contribution >= 4 is 38.9 Å². The number of hydrogen-bond donors (Lipinski definition) is 1. The standard InChI is InChI=1S/C24H21F3N2O3S2/c1-13-18(34-21(28-13)14-4-6-15(7-5-14)24(25,26)27)10-11-20-29-17-9-8-16(12-19(17)33-20)32-23(2,3)22(30)31/h4-9,12H,10-11H2,1-3H3,(H,30,31). The van der Waals surface area contributed by atoms with Crippen molar-refractivity contribution in [2.45, 2.75) is 45.4 Å². The maximum Gasteiger partial charge on any atom is 0.416 e. The number of halogens is 3. The second kappa shape index (κ2) is 8.99. The number of aryl methyl sites for hydroxylation is 3. The minimum Gasteiger partial charge on any atom is -0.478 e. The Balaban J connectivity index is 1.47.